The molecule has 1 fully saturated rings. The summed E-state index contributed by atoms with van der Waals surface area (Å²) in [5, 5.41) is 9.76. The average molecular weight is 382 g/mol. The molecule has 1 saturated heterocycles. The Morgan fingerprint density at radius 2 is 1.68 bits per heavy atom. The third-order valence-electron chi connectivity index (χ3n) is 5.42. The van der Waals surface area contributed by atoms with Gasteiger partial charge in [-0.15, -0.1) is 0 Å². The Kier molecular flexibility index (Phi) is 6.40. The fraction of sp³-hybridized carbons (Fsp3) is 0.458. The Balaban J connectivity index is 1.61. The highest BCUT2D eigenvalue weighted by atomic mass is 16.5. The van der Waals surface area contributed by atoms with Crippen molar-refractivity contribution < 1.29 is 14.6 Å². The predicted molar refractivity (Wildman–Crippen MR) is 112 cm³/mol. The summed E-state index contributed by atoms with van der Waals surface area (Å²) in [6.07, 6.45) is 1.71. The first-order valence-electron chi connectivity index (χ1n) is 10.1. The van der Waals surface area contributed by atoms with Crippen LogP contribution in [-0.4, -0.2) is 41.7 Å². The van der Waals surface area contributed by atoms with Gasteiger partial charge in [0.25, 0.3) is 0 Å². The molecule has 0 bridgehead atoms. The summed E-state index contributed by atoms with van der Waals surface area (Å²) < 4.78 is 6.33. The molecule has 1 aliphatic heterocycles. The van der Waals surface area contributed by atoms with E-state index in [9.17, 15) is 9.90 Å². The Bertz CT molecular complexity index is 774. The second kappa shape index (κ2) is 8.78. The van der Waals surface area contributed by atoms with Crippen LogP contribution in [-0.2, 0) is 10.2 Å². The second-order valence-electron chi connectivity index (χ2n) is 8.53. The molecule has 0 saturated carbocycles. The number of carbonyl (C=O) groups excluding carboxylic acids is 1. The highest BCUT2D eigenvalue weighted by molar-refractivity contribution is 5.84. The molecule has 2 aromatic rings. The first-order chi connectivity index (χ1) is 13.4. The molecule has 2 aromatic carbocycles. The monoisotopic (exact) mass is 381 g/mol. The van der Waals surface area contributed by atoms with Crippen LogP contribution >= 0.6 is 0 Å². The van der Waals surface area contributed by atoms with Gasteiger partial charge in [0.2, 0.25) is 5.91 Å². The predicted octanol–water partition coefficient (Wildman–Crippen LogP) is 4.13. The van der Waals surface area contributed by atoms with Gasteiger partial charge in [0.1, 0.15) is 11.9 Å². The van der Waals surface area contributed by atoms with Crippen LogP contribution in [0.3, 0.4) is 0 Å². The third-order valence-corrected chi connectivity index (χ3v) is 5.42. The number of carbonyl (C=O) groups is 1. The fourth-order valence-corrected chi connectivity index (χ4v) is 3.79. The molecule has 150 valence electrons. The minimum Gasteiger partial charge on any atom is -0.490 e. The third kappa shape index (κ3) is 4.74. The fourth-order valence-electron chi connectivity index (χ4n) is 3.79. The van der Waals surface area contributed by atoms with Crippen LogP contribution in [0.4, 0.5) is 0 Å². The molecule has 3 rings (SSSR count). The molecule has 1 atom stereocenters. The van der Waals surface area contributed by atoms with Crippen molar-refractivity contribution in [2.24, 2.45) is 0 Å². The average Bonchev–Trinajstić information content (AvgIpc) is 2.69. The van der Waals surface area contributed by atoms with Crippen molar-refractivity contribution in [2.45, 2.75) is 51.0 Å². The zero-order valence-electron chi connectivity index (χ0n) is 17.1. The van der Waals surface area contributed by atoms with Crippen molar-refractivity contribution in [1.82, 2.24) is 4.90 Å². The molecule has 1 aliphatic rings. The van der Waals surface area contributed by atoms with Crippen molar-refractivity contribution in [2.75, 3.05) is 19.7 Å². The Morgan fingerprint density at radius 3 is 2.29 bits per heavy atom. The van der Waals surface area contributed by atoms with Crippen molar-refractivity contribution in [3.05, 3.63) is 65.7 Å². The zero-order chi connectivity index (χ0) is 20.1. The number of ether oxygens (including phenoxy) is 1. The van der Waals surface area contributed by atoms with Gasteiger partial charge in [-0.1, -0.05) is 69.3 Å². The molecule has 1 N–H and O–H groups in total. The van der Waals surface area contributed by atoms with Gasteiger partial charge in [-0.05, 0) is 22.6 Å². The number of benzene rings is 2. The van der Waals surface area contributed by atoms with E-state index < -0.39 is 5.92 Å². The molecular formula is C24H31NO3. The molecule has 1 heterocycles. The van der Waals surface area contributed by atoms with Gasteiger partial charge >= 0.3 is 0 Å². The molecule has 0 spiro atoms. The zero-order valence-corrected chi connectivity index (χ0v) is 17.1. The molecule has 0 aromatic heterocycles. The minimum atomic E-state index is -0.486. The number of para-hydroxylation sites is 1. The summed E-state index contributed by atoms with van der Waals surface area (Å²) in [6, 6.07) is 17.7. The summed E-state index contributed by atoms with van der Waals surface area (Å²) in [4.78, 5) is 14.8. The van der Waals surface area contributed by atoms with Gasteiger partial charge in [0.15, 0.2) is 0 Å². The maximum absolute atomic E-state index is 12.9. The number of aliphatic hydroxyl groups is 1. The lowest BCUT2D eigenvalue weighted by molar-refractivity contribution is -0.135. The standard InChI is InChI=1S/C24H31NO3/c1-24(2,3)21-11-7-8-12-22(21)28-19-13-15-25(16-14-19)23(27)20(17-26)18-9-5-4-6-10-18/h4-12,19-20,26H,13-17H2,1-3H3. The van der Waals surface area contributed by atoms with E-state index in [1.807, 2.05) is 53.4 Å². The van der Waals surface area contributed by atoms with E-state index in [0.717, 1.165) is 24.2 Å². The second-order valence-corrected chi connectivity index (χ2v) is 8.53. The van der Waals surface area contributed by atoms with Crippen molar-refractivity contribution in [3.63, 3.8) is 0 Å². The molecule has 0 radical (unpaired) electrons. The molecule has 1 amide bonds. The van der Waals surface area contributed by atoms with Crippen molar-refractivity contribution >= 4 is 5.91 Å². The molecule has 0 aliphatic carbocycles. The van der Waals surface area contributed by atoms with E-state index in [0.29, 0.717) is 13.1 Å². The Hall–Kier alpha value is -2.33. The minimum absolute atomic E-state index is 0.00208. The largest absolute Gasteiger partial charge is 0.490 e. The van der Waals surface area contributed by atoms with E-state index >= 15 is 0 Å². The van der Waals surface area contributed by atoms with Crippen molar-refractivity contribution in [3.8, 4) is 5.75 Å². The maximum atomic E-state index is 12.9. The number of likely N-dealkylation sites (tertiary alicyclic amines) is 1. The SMILES string of the molecule is CC(C)(C)c1ccccc1OC1CCN(C(=O)C(CO)c2ccccc2)CC1. The maximum Gasteiger partial charge on any atom is 0.232 e. The summed E-state index contributed by atoms with van der Waals surface area (Å²) >= 11 is 0. The van der Waals surface area contributed by atoms with E-state index in [4.69, 9.17) is 4.74 Å². The molecule has 4 heteroatoms. The molecule has 1 unspecified atom stereocenters. The highest BCUT2D eigenvalue weighted by Gasteiger charge is 2.30. The van der Waals surface area contributed by atoms with Gasteiger partial charge in [-0.3, -0.25) is 4.79 Å². The number of aliphatic hydroxyl groups excluding tert-OH is 1. The van der Waals surface area contributed by atoms with Crippen LogP contribution in [0.5, 0.6) is 5.75 Å². The number of piperidine rings is 1. The van der Waals surface area contributed by atoms with Crippen LogP contribution in [0, 0.1) is 0 Å². The number of rotatable bonds is 5. The lowest BCUT2D eigenvalue weighted by Crippen LogP contribution is -2.44. The van der Waals surface area contributed by atoms with E-state index in [2.05, 4.69) is 26.8 Å². The Morgan fingerprint density at radius 1 is 1.07 bits per heavy atom. The lowest BCUT2D eigenvalue weighted by atomic mass is 9.86. The van der Waals surface area contributed by atoms with Gasteiger partial charge in [-0.25, -0.2) is 0 Å². The first-order valence-corrected chi connectivity index (χ1v) is 10.1. The van der Waals surface area contributed by atoms with Crippen molar-refractivity contribution in [1.29, 1.82) is 0 Å². The van der Waals surface area contributed by atoms with Gasteiger partial charge in [0.05, 0.1) is 12.5 Å². The molecule has 28 heavy (non-hydrogen) atoms. The lowest BCUT2D eigenvalue weighted by Gasteiger charge is -2.35. The normalized spacial score (nSPS) is 16.6. The quantitative estimate of drug-likeness (QED) is 0.847. The van der Waals surface area contributed by atoms with Crippen LogP contribution in [0.2, 0.25) is 0 Å². The number of amides is 1. The number of nitrogens with zero attached hydrogens (tertiary/aromatic N) is 1. The van der Waals surface area contributed by atoms with Gasteiger partial charge in [-0.2, -0.15) is 0 Å². The number of hydrogen-bond donors (Lipinski definition) is 1. The molecule has 4 nitrogen and oxygen atoms in total. The Labute approximate surface area is 168 Å². The number of hydrogen-bond acceptors (Lipinski definition) is 3. The van der Waals surface area contributed by atoms with Crippen LogP contribution < -0.4 is 4.74 Å². The van der Waals surface area contributed by atoms with Crippen LogP contribution in [0.25, 0.3) is 0 Å². The van der Waals surface area contributed by atoms with Crippen LogP contribution in [0.15, 0.2) is 54.6 Å². The topological polar surface area (TPSA) is 49.8 Å². The molecular weight excluding hydrogens is 350 g/mol. The first kappa shape index (κ1) is 20.4. The van der Waals surface area contributed by atoms with E-state index in [1.165, 1.54) is 5.56 Å². The van der Waals surface area contributed by atoms with E-state index in [1.54, 1.807) is 0 Å². The summed E-state index contributed by atoms with van der Waals surface area (Å²) in [6.45, 7) is 7.71. The van der Waals surface area contributed by atoms with Crippen LogP contribution in [0.1, 0.15) is 50.7 Å². The van der Waals surface area contributed by atoms with E-state index in [-0.39, 0.29) is 24.0 Å². The summed E-state index contributed by atoms with van der Waals surface area (Å²) in [5.41, 5.74) is 2.10. The van der Waals surface area contributed by atoms with Gasteiger partial charge < -0.3 is 14.7 Å². The smallest absolute Gasteiger partial charge is 0.232 e. The highest BCUT2D eigenvalue weighted by Crippen LogP contribution is 2.33. The summed E-state index contributed by atoms with van der Waals surface area (Å²) in [7, 11) is 0. The summed E-state index contributed by atoms with van der Waals surface area (Å²) in [5.74, 6) is 0.458. The van der Waals surface area contributed by atoms with Gasteiger partial charge in [0, 0.05) is 25.9 Å².